The molecule has 76 valence electrons. The van der Waals surface area contributed by atoms with Gasteiger partial charge in [-0.25, -0.2) is 4.79 Å². The van der Waals surface area contributed by atoms with E-state index < -0.39 is 5.97 Å². The molecule has 2 aliphatic heterocycles. The van der Waals surface area contributed by atoms with Crippen molar-refractivity contribution in [2.45, 2.75) is 16.2 Å². The number of esters is 1. The number of aliphatic hydroxyl groups is 1. The molecule has 1 saturated heterocycles. The second-order valence-electron chi connectivity index (χ2n) is 3.49. The molecule has 0 amide bonds. The van der Waals surface area contributed by atoms with Crippen LogP contribution in [-0.2, 0) is 9.53 Å². The fourth-order valence-corrected chi connectivity index (χ4v) is 3.33. The molecule has 2 unspecified atom stereocenters. The van der Waals surface area contributed by atoms with Crippen molar-refractivity contribution < 1.29 is 14.6 Å². The second-order valence-corrected chi connectivity index (χ2v) is 4.63. The molecule has 2 aliphatic rings. The van der Waals surface area contributed by atoms with Gasteiger partial charge in [-0.3, -0.25) is 0 Å². The van der Waals surface area contributed by atoms with Crippen LogP contribution in [-0.4, -0.2) is 16.5 Å². The molecule has 1 aromatic rings. The molecule has 3 nitrogen and oxygen atoms in total. The van der Waals surface area contributed by atoms with E-state index in [1.807, 2.05) is 24.3 Å². The lowest BCUT2D eigenvalue weighted by molar-refractivity contribution is -0.136. The molecule has 1 aromatic carbocycles. The maximum Gasteiger partial charge on any atom is 0.339 e. The number of hydrogen-bond acceptors (Lipinski definition) is 4. The summed E-state index contributed by atoms with van der Waals surface area (Å²) in [5, 5.41) is 9.04. The number of fused-ring (bicyclic) bond motifs is 3. The lowest BCUT2D eigenvalue weighted by atomic mass is 9.95. The Morgan fingerprint density at radius 1 is 1.40 bits per heavy atom. The monoisotopic (exact) mass is 220 g/mol. The van der Waals surface area contributed by atoms with Gasteiger partial charge in [-0.15, -0.1) is 0 Å². The van der Waals surface area contributed by atoms with Crippen LogP contribution >= 0.6 is 11.8 Å². The highest BCUT2D eigenvalue weighted by atomic mass is 32.2. The Morgan fingerprint density at radius 2 is 2.20 bits per heavy atom. The number of benzene rings is 1. The average Bonchev–Trinajstić information content (AvgIpc) is 2.72. The summed E-state index contributed by atoms with van der Waals surface area (Å²) in [5.41, 5.74) is 1.23. The molecular weight excluding hydrogens is 212 g/mol. The quantitative estimate of drug-likeness (QED) is 0.413. The largest absolute Gasteiger partial charge is 0.515 e. The van der Waals surface area contributed by atoms with Gasteiger partial charge in [0.2, 0.25) is 0 Å². The molecule has 15 heavy (non-hydrogen) atoms. The van der Waals surface area contributed by atoms with Gasteiger partial charge in [-0.2, -0.15) is 0 Å². The van der Waals surface area contributed by atoms with Crippen molar-refractivity contribution >= 4 is 17.7 Å². The molecule has 2 heterocycles. The highest BCUT2D eigenvalue weighted by Gasteiger charge is 2.46. The summed E-state index contributed by atoms with van der Waals surface area (Å²) in [5.74, 6) is -0.516. The van der Waals surface area contributed by atoms with Gasteiger partial charge in [0.1, 0.15) is 0 Å². The van der Waals surface area contributed by atoms with Gasteiger partial charge >= 0.3 is 5.97 Å². The summed E-state index contributed by atoms with van der Waals surface area (Å²) in [6.07, 6.45) is 0.871. The van der Waals surface area contributed by atoms with E-state index in [1.165, 1.54) is 11.8 Å². The first kappa shape index (κ1) is 8.85. The first-order valence-corrected chi connectivity index (χ1v) is 5.50. The summed E-state index contributed by atoms with van der Waals surface area (Å²) in [7, 11) is 0. The summed E-state index contributed by atoms with van der Waals surface area (Å²) in [6, 6.07) is 7.86. The van der Waals surface area contributed by atoms with Gasteiger partial charge in [0.15, 0.2) is 5.44 Å². The van der Waals surface area contributed by atoms with E-state index in [1.54, 1.807) is 0 Å². The van der Waals surface area contributed by atoms with E-state index in [-0.39, 0.29) is 11.4 Å². The fraction of sp³-hybridized carbons (Fsp3) is 0.182. The molecule has 0 radical (unpaired) electrons. The van der Waals surface area contributed by atoms with Crippen molar-refractivity contribution in [3.05, 3.63) is 41.7 Å². The van der Waals surface area contributed by atoms with E-state index in [9.17, 15) is 4.79 Å². The number of carbonyl (C=O) groups excluding carboxylic acids is 1. The molecule has 0 bridgehead atoms. The number of rotatable bonds is 0. The van der Waals surface area contributed by atoms with Crippen LogP contribution in [0.4, 0.5) is 0 Å². The van der Waals surface area contributed by atoms with Crippen molar-refractivity contribution in [3.63, 3.8) is 0 Å². The average molecular weight is 220 g/mol. The second kappa shape index (κ2) is 3.03. The number of carbonyl (C=O) groups is 1. The van der Waals surface area contributed by atoms with Gasteiger partial charge in [0, 0.05) is 4.90 Å². The van der Waals surface area contributed by atoms with Crippen molar-refractivity contribution in [3.8, 4) is 0 Å². The van der Waals surface area contributed by atoms with Gasteiger partial charge in [-0.1, -0.05) is 30.0 Å². The van der Waals surface area contributed by atoms with Crippen molar-refractivity contribution in [2.24, 2.45) is 0 Å². The Labute approximate surface area is 90.7 Å². The minimum Gasteiger partial charge on any atom is -0.515 e. The van der Waals surface area contributed by atoms with Crippen LogP contribution < -0.4 is 0 Å². The SMILES string of the molecule is O=C1OC2Sc3ccccc3C2C1=CO. The Bertz CT molecular complexity index is 467. The molecular formula is C11H8O3S. The lowest BCUT2D eigenvalue weighted by Gasteiger charge is -2.05. The van der Waals surface area contributed by atoms with E-state index in [0.717, 1.165) is 16.7 Å². The smallest absolute Gasteiger partial charge is 0.339 e. The van der Waals surface area contributed by atoms with Crippen molar-refractivity contribution in [2.75, 3.05) is 0 Å². The fourth-order valence-electron chi connectivity index (χ4n) is 2.02. The normalized spacial score (nSPS) is 30.1. The molecule has 0 aliphatic carbocycles. The summed E-state index contributed by atoms with van der Waals surface area (Å²) in [4.78, 5) is 12.5. The van der Waals surface area contributed by atoms with Crippen LogP contribution in [0.1, 0.15) is 11.5 Å². The van der Waals surface area contributed by atoms with Crippen LogP contribution in [0.5, 0.6) is 0 Å². The minimum atomic E-state index is -0.408. The van der Waals surface area contributed by atoms with Crippen LogP contribution in [0.25, 0.3) is 0 Å². The third-order valence-corrected chi connectivity index (χ3v) is 3.93. The van der Waals surface area contributed by atoms with E-state index in [4.69, 9.17) is 9.84 Å². The standard InChI is InChI=1S/C11H8O3S/c12-5-7-9-6-3-1-2-4-8(6)15-11(9)14-10(7)13/h1-5,9,11-12H. The molecule has 1 fully saturated rings. The third-order valence-electron chi connectivity index (χ3n) is 2.70. The topological polar surface area (TPSA) is 46.5 Å². The van der Waals surface area contributed by atoms with Gasteiger partial charge < -0.3 is 9.84 Å². The number of ether oxygens (including phenoxy) is 1. The molecule has 1 N–H and O–H groups in total. The summed E-state index contributed by atoms with van der Waals surface area (Å²) < 4.78 is 5.17. The van der Waals surface area contributed by atoms with E-state index in [2.05, 4.69) is 0 Å². The van der Waals surface area contributed by atoms with Crippen LogP contribution in [0.15, 0.2) is 41.0 Å². The highest BCUT2D eigenvalue weighted by Crippen LogP contribution is 2.52. The Hall–Kier alpha value is -1.42. The predicted octanol–water partition coefficient (Wildman–Crippen LogP) is 2.20. The highest BCUT2D eigenvalue weighted by molar-refractivity contribution is 8.00. The summed E-state index contributed by atoms with van der Waals surface area (Å²) in [6.45, 7) is 0. The third kappa shape index (κ3) is 1.11. The maximum atomic E-state index is 11.4. The van der Waals surface area contributed by atoms with E-state index >= 15 is 0 Å². The van der Waals surface area contributed by atoms with Crippen LogP contribution in [0.3, 0.4) is 0 Å². The predicted molar refractivity (Wildman–Crippen MR) is 55.6 cm³/mol. The van der Waals surface area contributed by atoms with Gasteiger partial charge in [-0.05, 0) is 11.6 Å². The maximum absolute atomic E-state index is 11.4. The number of aliphatic hydroxyl groups excluding tert-OH is 1. The van der Waals surface area contributed by atoms with Gasteiger partial charge in [0.05, 0.1) is 17.8 Å². The lowest BCUT2D eigenvalue weighted by Crippen LogP contribution is -2.03. The molecule has 2 atom stereocenters. The van der Waals surface area contributed by atoms with Crippen LogP contribution in [0.2, 0.25) is 0 Å². The Balaban J connectivity index is 2.13. The molecule has 0 saturated carbocycles. The number of thioether (sulfide) groups is 1. The van der Waals surface area contributed by atoms with E-state index in [0.29, 0.717) is 5.57 Å². The minimum absolute atomic E-state index is 0.108. The Morgan fingerprint density at radius 3 is 3.00 bits per heavy atom. The Kier molecular flexibility index (Phi) is 1.79. The zero-order chi connectivity index (χ0) is 10.4. The van der Waals surface area contributed by atoms with Crippen molar-refractivity contribution in [1.82, 2.24) is 0 Å². The zero-order valence-corrected chi connectivity index (χ0v) is 8.53. The first-order valence-electron chi connectivity index (χ1n) is 4.62. The molecule has 3 rings (SSSR count). The summed E-state index contributed by atoms with van der Waals surface area (Å²) >= 11 is 1.53. The number of hydrogen-bond donors (Lipinski definition) is 1. The van der Waals surface area contributed by atoms with Crippen molar-refractivity contribution in [1.29, 1.82) is 0 Å². The first-order chi connectivity index (χ1) is 7.31. The molecule has 0 aromatic heterocycles. The van der Waals surface area contributed by atoms with Gasteiger partial charge in [0.25, 0.3) is 0 Å². The molecule has 4 heteroatoms. The zero-order valence-electron chi connectivity index (χ0n) is 7.71. The van der Waals surface area contributed by atoms with Crippen LogP contribution in [0, 0.1) is 0 Å². The molecule has 0 spiro atoms.